The van der Waals surface area contributed by atoms with Crippen LogP contribution in [0.2, 0.25) is 0 Å². The lowest BCUT2D eigenvalue weighted by atomic mass is 10.1. The van der Waals surface area contributed by atoms with Crippen LogP contribution in [-0.4, -0.2) is 14.5 Å². The summed E-state index contributed by atoms with van der Waals surface area (Å²) < 4.78 is 2.31. The van der Waals surface area contributed by atoms with Crippen LogP contribution in [-0.2, 0) is 0 Å². The predicted molar refractivity (Wildman–Crippen MR) is 166 cm³/mol. The molecule has 0 amide bonds. The van der Waals surface area contributed by atoms with E-state index in [1.165, 1.54) is 10.9 Å². The van der Waals surface area contributed by atoms with Crippen LogP contribution in [0.15, 0.2) is 152 Å². The van der Waals surface area contributed by atoms with Crippen molar-refractivity contribution in [3.63, 3.8) is 0 Å². The summed E-state index contributed by atoms with van der Waals surface area (Å²) >= 11 is 0. The van der Waals surface area contributed by atoms with Crippen molar-refractivity contribution >= 4 is 33.4 Å². The smallest absolute Gasteiger partial charge is 0.235 e. The van der Waals surface area contributed by atoms with Crippen molar-refractivity contribution in [2.45, 2.75) is 0 Å². The molecule has 2 heterocycles. The summed E-state index contributed by atoms with van der Waals surface area (Å²) in [6.45, 7) is 4.15. The lowest BCUT2D eigenvalue weighted by Crippen LogP contribution is -2.12. The SMILES string of the molecule is C=CN(c1ccc2c(c1)c1ccccc1n2-c1ccccc1)c1nc(-c2ccccc2)cc(-c2ccccc2)n1. The van der Waals surface area contributed by atoms with Crippen molar-refractivity contribution in [2.75, 3.05) is 4.90 Å². The molecule has 0 fully saturated rings. The van der Waals surface area contributed by atoms with E-state index >= 15 is 0 Å². The Morgan fingerprint density at radius 1 is 0.550 bits per heavy atom. The van der Waals surface area contributed by atoms with Crippen molar-refractivity contribution in [1.82, 2.24) is 14.5 Å². The van der Waals surface area contributed by atoms with E-state index < -0.39 is 0 Å². The zero-order chi connectivity index (χ0) is 26.9. The summed E-state index contributed by atoms with van der Waals surface area (Å²) in [7, 11) is 0. The molecule has 2 aromatic heterocycles. The third kappa shape index (κ3) is 4.12. The summed E-state index contributed by atoms with van der Waals surface area (Å²) in [6, 6.07) is 48.0. The average molecular weight is 515 g/mol. The Hall–Kier alpha value is -5.48. The lowest BCUT2D eigenvalue weighted by Gasteiger charge is -2.20. The second-order valence-electron chi connectivity index (χ2n) is 9.61. The molecular formula is C36H26N4. The van der Waals surface area contributed by atoms with E-state index in [4.69, 9.17) is 9.97 Å². The van der Waals surface area contributed by atoms with Crippen LogP contribution in [0.25, 0.3) is 50.0 Å². The zero-order valence-electron chi connectivity index (χ0n) is 21.9. The average Bonchev–Trinajstić information content (AvgIpc) is 3.36. The molecular weight excluding hydrogens is 488 g/mol. The molecule has 4 heteroatoms. The van der Waals surface area contributed by atoms with Crippen LogP contribution < -0.4 is 4.90 Å². The fourth-order valence-electron chi connectivity index (χ4n) is 5.32. The van der Waals surface area contributed by atoms with Gasteiger partial charge in [0.2, 0.25) is 5.95 Å². The highest BCUT2D eigenvalue weighted by atomic mass is 15.2. The molecule has 0 aliphatic rings. The van der Waals surface area contributed by atoms with Crippen molar-refractivity contribution < 1.29 is 0 Å². The van der Waals surface area contributed by atoms with Gasteiger partial charge in [0.15, 0.2) is 0 Å². The molecule has 7 rings (SSSR count). The van der Waals surface area contributed by atoms with Crippen LogP contribution in [0.4, 0.5) is 11.6 Å². The molecule has 0 saturated heterocycles. The Morgan fingerprint density at radius 3 is 1.73 bits per heavy atom. The first-order valence-electron chi connectivity index (χ1n) is 13.3. The van der Waals surface area contributed by atoms with E-state index in [2.05, 4.69) is 102 Å². The number of nitrogens with zero attached hydrogens (tertiary/aromatic N) is 4. The monoisotopic (exact) mass is 514 g/mol. The highest BCUT2D eigenvalue weighted by molar-refractivity contribution is 6.10. The first kappa shape index (κ1) is 23.6. The highest BCUT2D eigenvalue weighted by Crippen LogP contribution is 2.36. The number of anilines is 2. The van der Waals surface area contributed by atoms with Gasteiger partial charge in [0.1, 0.15) is 0 Å². The Morgan fingerprint density at radius 2 is 1.10 bits per heavy atom. The second kappa shape index (κ2) is 10.0. The topological polar surface area (TPSA) is 34.0 Å². The standard InChI is InChI=1S/C36H26N4/c1-2-39(36-37-32(26-14-6-3-7-15-26)25-33(38-36)27-16-8-4-9-17-27)29-22-23-35-31(24-29)30-20-12-13-21-34(30)40(35)28-18-10-5-11-19-28/h2-25H,1H2. The van der Waals surface area contributed by atoms with Gasteiger partial charge in [0.05, 0.1) is 22.4 Å². The molecule has 0 saturated carbocycles. The molecule has 0 aliphatic heterocycles. The van der Waals surface area contributed by atoms with Gasteiger partial charge in [0.25, 0.3) is 0 Å². The quantitative estimate of drug-likeness (QED) is 0.222. The second-order valence-corrected chi connectivity index (χ2v) is 9.61. The Kier molecular flexibility index (Phi) is 5.91. The maximum atomic E-state index is 5.01. The molecule has 0 spiro atoms. The Labute approximate surface area is 233 Å². The van der Waals surface area contributed by atoms with Gasteiger partial charge in [-0.1, -0.05) is 104 Å². The number of hydrogen-bond acceptors (Lipinski definition) is 3. The molecule has 0 radical (unpaired) electrons. The van der Waals surface area contributed by atoms with E-state index in [1.54, 1.807) is 6.20 Å². The number of fused-ring (bicyclic) bond motifs is 3. The largest absolute Gasteiger partial charge is 0.309 e. The summed E-state index contributed by atoms with van der Waals surface area (Å²) in [5.41, 5.74) is 8.18. The molecule has 4 nitrogen and oxygen atoms in total. The van der Waals surface area contributed by atoms with Gasteiger partial charge in [-0.3, -0.25) is 4.90 Å². The molecule has 0 N–H and O–H groups in total. The van der Waals surface area contributed by atoms with E-state index in [1.807, 2.05) is 53.4 Å². The van der Waals surface area contributed by atoms with Crippen LogP contribution in [0, 0.1) is 0 Å². The molecule has 0 aliphatic carbocycles. The van der Waals surface area contributed by atoms with Gasteiger partial charge >= 0.3 is 0 Å². The highest BCUT2D eigenvalue weighted by Gasteiger charge is 2.17. The number of benzene rings is 5. The summed E-state index contributed by atoms with van der Waals surface area (Å²) in [6.07, 6.45) is 1.79. The van der Waals surface area contributed by atoms with Crippen LogP contribution >= 0.6 is 0 Å². The summed E-state index contributed by atoms with van der Waals surface area (Å²) in [5, 5.41) is 2.35. The van der Waals surface area contributed by atoms with E-state index in [0.717, 1.165) is 44.8 Å². The molecule has 7 aromatic rings. The minimum absolute atomic E-state index is 0.571. The van der Waals surface area contributed by atoms with E-state index in [9.17, 15) is 0 Å². The summed E-state index contributed by atoms with van der Waals surface area (Å²) in [4.78, 5) is 12.0. The normalized spacial score (nSPS) is 11.1. The van der Waals surface area contributed by atoms with Gasteiger partial charge in [-0.05, 0) is 42.5 Å². The van der Waals surface area contributed by atoms with Crippen molar-refractivity contribution in [3.05, 3.63) is 152 Å². The molecule has 190 valence electrons. The Bertz CT molecular complexity index is 1900. The number of rotatable bonds is 6. The molecule has 5 aromatic carbocycles. The first-order valence-corrected chi connectivity index (χ1v) is 13.3. The molecule has 0 bridgehead atoms. The molecule has 0 atom stereocenters. The van der Waals surface area contributed by atoms with E-state index in [-0.39, 0.29) is 0 Å². The fraction of sp³-hybridized carbons (Fsp3) is 0. The van der Waals surface area contributed by atoms with Crippen LogP contribution in [0.5, 0.6) is 0 Å². The maximum absolute atomic E-state index is 5.01. The minimum Gasteiger partial charge on any atom is -0.309 e. The van der Waals surface area contributed by atoms with Crippen molar-refractivity contribution in [2.24, 2.45) is 0 Å². The molecule has 40 heavy (non-hydrogen) atoms. The third-order valence-corrected chi connectivity index (χ3v) is 7.20. The Balaban J connectivity index is 1.42. The number of hydrogen-bond donors (Lipinski definition) is 0. The molecule has 0 unspecified atom stereocenters. The van der Waals surface area contributed by atoms with E-state index in [0.29, 0.717) is 5.95 Å². The predicted octanol–water partition coefficient (Wildman–Crippen LogP) is 9.19. The maximum Gasteiger partial charge on any atom is 0.235 e. The minimum atomic E-state index is 0.571. The van der Waals surface area contributed by atoms with Gasteiger partial charge in [0, 0.05) is 39.5 Å². The number of para-hydroxylation sites is 2. The third-order valence-electron chi connectivity index (χ3n) is 7.20. The van der Waals surface area contributed by atoms with Gasteiger partial charge in [-0.25, -0.2) is 9.97 Å². The van der Waals surface area contributed by atoms with Crippen LogP contribution in [0.1, 0.15) is 0 Å². The van der Waals surface area contributed by atoms with Gasteiger partial charge in [-0.2, -0.15) is 0 Å². The zero-order valence-corrected chi connectivity index (χ0v) is 21.9. The lowest BCUT2D eigenvalue weighted by molar-refractivity contribution is 1.08. The van der Waals surface area contributed by atoms with Gasteiger partial charge in [-0.15, -0.1) is 0 Å². The van der Waals surface area contributed by atoms with Crippen molar-refractivity contribution in [1.29, 1.82) is 0 Å². The summed E-state index contributed by atoms with van der Waals surface area (Å²) in [5.74, 6) is 0.571. The van der Waals surface area contributed by atoms with Crippen molar-refractivity contribution in [3.8, 4) is 28.2 Å². The first-order chi connectivity index (χ1) is 19.8. The van der Waals surface area contributed by atoms with Crippen LogP contribution in [0.3, 0.4) is 0 Å². The number of aromatic nitrogens is 3. The van der Waals surface area contributed by atoms with Gasteiger partial charge < -0.3 is 4.57 Å². The fourth-order valence-corrected chi connectivity index (χ4v) is 5.32.